The van der Waals surface area contributed by atoms with E-state index in [1.54, 1.807) is 12.5 Å². The number of pyridine rings is 1. The molecule has 0 spiro atoms. The number of ketones is 1. The molecule has 1 aliphatic heterocycles. The average Bonchev–Trinajstić information content (AvgIpc) is 3.28. The Morgan fingerprint density at radius 1 is 1.11 bits per heavy atom. The molecule has 0 unspecified atom stereocenters. The molecule has 0 amide bonds. The second-order valence-corrected chi connectivity index (χ2v) is 10.9. The van der Waals surface area contributed by atoms with Crippen molar-refractivity contribution in [1.29, 1.82) is 0 Å². The number of anilines is 2. The Hall–Kier alpha value is -3.99. The third-order valence-electron chi connectivity index (χ3n) is 6.95. The maximum atomic E-state index is 14.0. The molecule has 0 radical (unpaired) electrons. The molecule has 198 valence electrons. The number of piperidine rings is 1. The van der Waals surface area contributed by atoms with Gasteiger partial charge < -0.3 is 20.9 Å². The first-order chi connectivity index (χ1) is 18.0. The summed E-state index contributed by atoms with van der Waals surface area (Å²) in [5, 5.41) is 0. The highest BCUT2D eigenvalue weighted by Gasteiger charge is 2.43. The van der Waals surface area contributed by atoms with Crippen LogP contribution in [0.25, 0.3) is 22.4 Å². The molecular formula is C27H30F2N8O. The lowest BCUT2D eigenvalue weighted by molar-refractivity contribution is -0.132. The fraction of sp³-hybridized carbons (Fsp3) is 0.370. The van der Waals surface area contributed by atoms with Crippen LogP contribution in [0.2, 0.25) is 0 Å². The average molecular weight is 521 g/mol. The van der Waals surface area contributed by atoms with Crippen LogP contribution < -0.4 is 16.4 Å². The zero-order valence-corrected chi connectivity index (χ0v) is 21.6. The van der Waals surface area contributed by atoms with E-state index < -0.39 is 22.6 Å². The fourth-order valence-electron chi connectivity index (χ4n) is 5.13. The first-order valence-corrected chi connectivity index (χ1v) is 12.4. The van der Waals surface area contributed by atoms with E-state index in [0.29, 0.717) is 48.5 Å². The summed E-state index contributed by atoms with van der Waals surface area (Å²) in [4.78, 5) is 32.6. The third kappa shape index (κ3) is 4.69. The molecule has 1 aromatic carbocycles. The minimum Gasteiger partial charge on any atom is -0.382 e. The number of hydrogen-bond donors (Lipinski definition) is 2. The summed E-state index contributed by atoms with van der Waals surface area (Å²) in [5.41, 5.74) is 14.7. The molecule has 0 saturated carbocycles. The SMILES string of the molecule is CC(C)(C)C(=O)[C@@]1(N)CCCN(c2cnc(-c3ccc(F)c(F)c3)cc2Cn2cnc3c(N)ncnc32)C1. The molecule has 1 aliphatic rings. The molecule has 0 aliphatic carbocycles. The normalized spacial score (nSPS) is 18.2. The van der Waals surface area contributed by atoms with Crippen molar-refractivity contribution in [3.05, 3.63) is 60.3 Å². The topological polar surface area (TPSA) is 129 Å². The van der Waals surface area contributed by atoms with E-state index in [2.05, 4.69) is 24.8 Å². The van der Waals surface area contributed by atoms with Crippen LogP contribution >= 0.6 is 0 Å². The molecule has 9 nitrogen and oxygen atoms in total. The van der Waals surface area contributed by atoms with Crippen molar-refractivity contribution in [3.63, 3.8) is 0 Å². The van der Waals surface area contributed by atoms with E-state index in [1.165, 1.54) is 12.4 Å². The van der Waals surface area contributed by atoms with Crippen molar-refractivity contribution in [2.24, 2.45) is 11.1 Å². The first kappa shape index (κ1) is 25.7. The monoisotopic (exact) mass is 520 g/mol. The summed E-state index contributed by atoms with van der Waals surface area (Å²) in [5.74, 6) is -1.59. The van der Waals surface area contributed by atoms with Crippen molar-refractivity contribution < 1.29 is 13.6 Å². The van der Waals surface area contributed by atoms with Crippen LogP contribution in [0.4, 0.5) is 20.3 Å². The van der Waals surface area contributed by atoms with Gasteiger partial charge in [-0.3, -0.25) is 9.78 Å². The minimum atomic E-state index is -1.00. The van der Waals surface area contributed by atoms with E-state index in [9.17, 15) is 13.6 Å². The van der Waals surface area contributed by atoms with E-state index in [-0.39, 0.29) is 11.6 Å². The van der Waals surface area contributed by atoms with Crippen molar-refractivity contribution in [3.8, 4) is 11.3 Å². The molecule has 4 heterocycles. The lowest BCUT2D eigenvalue weighted by atomic mass is 9.74. The largest absolute Gasteiger partial charge is 0.382 e. The molecule has 38 heavy (non-hydrogen) atoms. The number of benzene rings is 1. The summed E-state index contributed by atoms with van der Waals surface area (Å²) >= 11 is 0. The van der Waals surface area contributed by atoms with Crippen LogP contribution in [0.3, 0.4) is 0 Å². The highest BCUT2D eigenvalue weighted by molar-refractivity contribution is 5.93. The predicted octanol–water partition coefficient (Wildman–Crippen LogP) is 3.71. The second kappa shape index (κ2) is 9.39. The number of hydrogen-bond acceptors (Lipinski definition) is 8. The number of nitrogens with two attached hydrogens (primary N) is 2. The maximum absolute atomic E-state index is 14.0. The van der Waals surface area contributed by atoms with Crippen LogP contribution in [-0.2, 0) is 11.3 Å². The number of imidazole rings is 1. The standard InChI is InChI=1S/C27H30F2N8O/c1-26(2,3)25(38)27(31)7-4-8-36(13-27)21-11-32-20(16-5-6-18(28)19(29)9-16)10-17(21)12-37-15-35-22-23(30)33-14-34-24(22)37/h5-6,9-11,14-15H,4,7-8,12-13,31H2,1-3H3,(H2,30,33,34)/t27-/m1/s1. The zero-order chi connectivity index (χ0) is 27.2. The lowest BCUT2D eigenvalue weighted by Crippen LogP contribution is -2.62. The van der Waals surface area contributed by atoms with E-state index in [4.69, 9.17) is 11.5 Å². The minimum absolute atomic E-state index is 0.00963. The number of halogens is 2. The molecule has 1 atom stereocenters. The number of aromatic nitrogens is 5. The van der Waals surface area contributed by atoms with Gasteiger partial charge in [0.1, 0.15) is 11.8 Å². The Balaban J connectivity index is 1.58. The molecule has 4 aromatic rings. The Labute approximate surface area is 218 Å². The van der Waals surface area contributed by atoms with Gasteiger partial charge >= 0.3 is 0 Å². The Morgan fingerprint density at radius 2 is 1.89 bits per heavy atom. The molecule has 1 saturated heterocycles. The number of nitrogen functional groups attached to an aromatic ring is 1. The van der Waals surface area contributed by atoms with E-state index in [1.807, 2.05) is 31.4 Å². The summed E-state index contributed by atoms with van der Waals surface area (Å²) in [6.07, 6.45) is 6.03. The Kier molecular flexibility index (Phi) is 6.34. The molecule has 1 fully saturated rings. The summed E-state index contributed by atoms with van der Waals surface area (Å²) < 4.78 is 29.4. The van der Waals surface area contributed by atoms with Crippen molar-refractivity contribution in [2.45, 2.75) is 45.7 Å². The van der Waals surface area contributed by atoms with Gasteiger partial charge in [-0.05, 0) is 42.7 Å². The van der Waals surface area contributed by atoms with Gasteiger partial charge in [-0.15, -0.1) is 0 Å². The highest BCUT2D eigenvalue weighted by atomic mass is 19.2. The van der Waals surface area contributed by atoms with E-state index >= 15 is 0 Å². The number of carbonyl (C=O) groups excluding carboxylic acids is 1. The van der Waals surface area contributed by atoms with Crippen LogP contribution in [-0.4, -0.2) is 48.9 Å². The van der Waals surface area contributed by atoms with Gasteiger partial charge in [-0.1, -0.05) is 20.8 Å². The molecule has 5 rings (SSSR count). The van der Waals surface area contributed by atoms with Crippen molar-refractivity contribution in [2.75, 3.05) is 23.7 Å². The van der Waals surface area contributed by atoms with Gasteiger partial charge in [0.15, 0.2) is 28.9 Å². The quantitative estimate of drug-likeness (QED) is 0.408. The van der Waals surface area contributed by atoms with Gasteiger partial charge in [0, 0.05) is 24.1 Å². The maximum Gasteiger partial charge on any atom is 0.165 e. The summed E-state index contributed by atoms with van der Waals surface area (Å²) in [6, 6.07) is 5.51. The number of carbonyl (C=O) groups is 1. The predicted molar refractivity (Wildman–Crippen MR) is 141 cm³/mol. The lowest BCUT2D eigenvalue weighted by Gasteiger charge is -2.43. The first-order valence-electron chi connectivity index (χ1n) is 12.4. The van der Waals surface area contributed by atoms with Crippen LogP contribution in [0.5, 0.6) is 0 Å². The summed E-state index contributed by atoms with van der Waals surface area (Å²) in [7, 11) is 0. The van der Waals surface area contributed by atoms with E-state index in [0.717, 1.165) is 29.8 Å². The van der Waals surface area contributed by atoms with Crippen molar-refractivity contribution in [1.82, 2.24) is 24.5 Å². The smallest absolute Gasteiger partial charge is 0.165 e. The van der Waals surface area contributed by atoms with Gasteiger partial charge in [0.25, 0.3) is 0 Å². The van der Waals surface area contributed by atoms with Crippen molar-refractivity contribution >= 4 is 28.5 Å². The molecule has 0 bridgehead atoms. The Bertz CT molecular complexity index is 1530. The summed E-state index contributed by atoms with van der Waals surface area (Å²) in [6.45, 7) is 7.00. The van der Waals surface area contributed by atoms with Gasteiger partial charge in [0.05, 0.1) is 36.0 Å². The number of Topliss-reactive ketones (excluding diaryl/α,β-unsaturated/α-hetero) is 1. The third-order valence-corrected chi connectivity index (χ3v) is 6.95. The molecule has 11 heteroatoms. The molecular weight excluding hydrogens is 490 g/mol. The van der Waals surface area contributed by atoms with Gasteiger partial charge in [-0.25, -0.2) is 23.7 Å². The zero-order valence-electron chi connectivity index (χ0n) is 21.6. The van der Waals surface area contributed by atoms with Gasteiger partial charge in [-0.2, -0.15) is 0 Å². The Morgan fingerprint density at radius 3 is 2.63 bits per heavy atom. The number of rotatable bonds is 5. The number of nitrogens with zero attached hydrogens (tertiary/aromatic N) is 6. The number of fused-ring (bicyclic) bond motifs is 1. The van der Waals surface area contributed by atoms with Crippen LogP contribution in [0, 0.1) is 17.0 Å². The van der Waals surface area contributed by atoms with Crippen LogP contribution in [0.1, 0.15) is 39.2 Å². The molecule has 3 aromatic heterocycles. The fourth-order valence-corrected chi connectivity index (χ4v) is 5.13. The van der Waals surface area contributed by atoms with Gasteiger partial charge in [0.2, 0.25) is 0 Å². The molecule has 4 N–H and O–H groups in total. The van der Waals surface area contributed by atoms with Crippen LogP contribution in [0.15, 0.2) is 43.1 Å². The second-order valence-electron chi connectivity index (χ2n) is 10.9. The highest BCUT2D eigenvalue weighted by Crippen LogP contribution is 2.34.